The predicted octanol–water partition coefficient (Wildman–Crippen LogP) is 2.86. The average molecular weight is 204 g/mol. The number of unbranched alkanes of at least 4 members (excludes halogenated alkanes) is 1. The molecule has 1 aromatic rings. The zero-order valence-electron chi connectivity index (χ0n) is 9.46. The molecule has 0 aliphatic rings. The summed E-state index contributed by atoms with van der Waals surface area (Å²) in [4.78, 5) is 0. The summed E-state index contributed by atoms with van der Waals surface area (Å²) < 4.78 is 10.3. The van der Waals surface area contributed by atoms with Crippen molar-refractivity contribution >= 4 is 0 Å². The molecule has 0 spiro atoms. The summed E-state index contributed by atoms with van der Waals surface area (Å²) in [5.74, 6) is 7.64. The third-order valence-electron chi connectivity index (χ3n) is 1.99. The fraction of sp³-hybridized carbons (Fsp3) is 0.385. The lowest BCUT2D eigenvalue weighted by Gasteiger charge is -2.06. The van der Waals surface area contributed by atoms with Crippen LogP contribution >= 0.6 is 0 Å². The van der Waals surface area contributed by atoms with E-state index >= 15 is 0 Å². The molecule has 2 heteroatoms. The van der Waals surface area contributed by atoms with E-state index in [4.69, 9.17) is 9.47 Å². The Labute approximate surface area is 91.2 Å². The molecule has 1 rings (SSSR count). The van der Waals surface area contributed by atoms with E-state index in [1.165, 1.54) is 0 Å². The molecule has 0 aliphatic heterocycles. The molecule has 0 aromatic heterocycles. The van der Waals surface area contributed by atoms with Crippen LogP contribution in [0.5, 0.6) is 11.5 Å². The van der Waals surface area contributed by atoms with E-state index in [2.05, 4.69) is 18.8 Å². The Bertz CT molecular complexity index is 372. The lowest BCUT2D eigenvalue weighted by atomic mass is 10.2. The summed E-state index contributed by atoms with van der Waals surface area (Å²) >= 11 is 0. The molecule has 0 fully saturated rings. The molecule has 0 saturated heterocycles. The molecule has 2 nitrogen and oxygen atoms in total. The van der Waals surface area contributed by atoms with E-state index in [1.807, 2.05) is 18.2 Å². The van der Waals surface area contributed by atoms with Gasteiger partial charge in [-0.05, 0) is 24.6 Å². The number of ether oxygens (including phenoxy) is 2. The second kappa shape index (κ2) is 5.98. The first-order valence-corrected chi connectivity index (χ1v) is 5.02. The zero-order chi connectivity index (χ0) is 11.1. The van der Waals surface area contributed by atoms with Gasteiger partial charge in [-0.25, -0.2) is 0 Å². The molecule has 0 amide bonds. The van der Waals surface area contributed by atoms with Crippen LogP contribution in [0.15, 0.2) is 18.2 Å². The number of methoxy groups -OCH3 is 2. The fourth-order valence-corrected chi connectivity index (χ4v) is 1.20. The van der Waals surface area contributed by atoms with Crippen molar-refractivity contribution in [2.45, 2.75) is 19.8 Å². The van der Waals surface area contributed by atoms with Gasteiger partial charge in [0, 0.05) is 12.0 Å². The highest BCUT2D eigenvalue weighted by molar-refractivity contribution is 5.48. The van der Waals surface area contributed by atoms with E-state index in [1.54, 1.807) is 14.2 Å². The van der Waals surface area contributed by atoms with Crippen molar-refractivity contribution in [1.82, 2.24) is 0 Å². The van der Waals surface area contributed by atoms with Gasteiger partial charge >= 0.3 is 0 Å². The molecule has 0 saturated carbocycles. The molecule has 0 atom stereocenters. The van der Waals surface area contributed by atoms with Gasteiger partial charge in [-0.2, -0.15) is 0 Å². The highest BCUT2D eigenvalue weighted by Crippen LogP contribution is 2.27. The van der Waals surface area contributed by atoms with Crippen molar-refractivity contribution in [2.75, 3.05) is 14.2 Å². The Morgan fingerprint density at radius 3 is 2.47 bits per heavy atom. The Morgan fingerprint density at radius 2 is 1.87 bits per heavy atom. The largest absolute Gasteiger partial charge is 0.493 e. The van der Waals surface area contributed by atoms with Crippen LogP contribution in [0.3, 0.4) is 0 Å². The van der Waals surface area contributed by atoms with Gasteiger partial charge in [-0.1, -0.05) is 18.8 Å². The second-order valence-electron chi connectivity index (χ2n) is 3.12. The van der Waals surface area contributed by atoms with Gasteiger partial charge in [0.1, 0.15) is 0 Å². The van der Waals surface area contributed by atoms with E-state index in [0.29, 0.717) is 0 Å². The van der Waals surface area contributed by atoms with E-state index in [0.717, 1.165) is 29.9 Å². The number of hydrogen-bond acceptors (Lipinski definition) is 2. The van der Waals surface area contributed by atoms with Crippen LogP contribution in [0.25, 0.3) is 0 Å². The third kappa shape index (κ3) is 3.21. The maximum atomic E-state index is 5.19. The molecule has 0 N–H and O–H groups in total. The quantitative estimate of drug-likeness (QED) is 0.705. The molecule has 15 heavy (non-hydrogen) atoms. The van der Waals surface area contributed by atoms with Crippen LogP contribution in [0.2, 0.25) is 0 Å². The molecular weight excluding hydrogens is 188 g/mol. The molecule has 0 aliphatic carbocycles. The number of benzene rings is 1. The van der Waals surface area contributed by atoms with Crippen LogP contribution in [-0.2, 0) is 0 Å². The zero-order valence-corrected chi connectivity index (χ0v) is 9.46. The van der Waals surface area contributed by atoms with Gasteiger partial charge in [-0.15, -0.1) is 0 Å². The smallest absolute Gasteiger partial charge is 0.161 e. The minimum absolute atomic E-state index is 0.723. The maximum Gasteiger partial charge on any atom is 0.161 e. The monoisotopic (exact) mass is 204 g/mol. The summed E-state index contributed by atoms with van der Waals surface area (Å²) in [6.45, 7) is 2.11. The van der Waals surface area contributed by atoms with Crippen molar-refractivity contribution in [1.29, 1.82) is 0 Å². The van der Waals surface area contributed by atoms with Crippen LogP contribution in [0.4, 0.5) is 0 Å². The number of hydrogen-bond donors (Lipinski definition) is 0. The highest BCUT2D eigenvalue weighted by Gasteiger charge is 2.02. The van der Waals surface area contributed by atoms with Crippen LogP contribution in [-0.4, -0.2) is 14.2 Å². The summed E-state index contributed by atoms with van der Waals surface area (Å²) in [6, 6.07) is 5.69. The van der Waals surface area contributed by atoms with Crippen molar-refractivity contribution in [2.24, 2.45) is 0 Å². The Kier molecular flexibility index (Phi) is 4.56. The van der Waals surface area contributed by atoms with Crippen molar-refractivity contribution in [3.63, 3.8) is 0 Å². The summed E-state index contributed by atoms with van der Waals surface area (Å²) in [7, 11) is 3.25. The van der Waals surface area contributed by atoms with Gasteiger partial charge in [0.15, 0.2) is 11.5 Å². The topological polar surface area (TPSA) is 18.5 Å². The van der Waals surface area contributed by atoms with Crippen LogP contribution in [0, 0.1) is 11.8 Å². The molecule has 80 valence electrons. The summed E-state index contributed by atoms with van der Waals surface area (Å²) in [5, 5.41) is 0. The summed E-state index contributed by atoms with van der Waals surface area (Å²) in [5.41, 5.74) is 0.959. The minimum atomic E-state index is 0.723. The Balaban J connectivity index is 2.89. The molecule has 0 bridgehead atoms. The maximum absolute atomic E-state index is 5.19. The highest BCUT2D eigenvalue weighted by atomic mass is 16.5. The van der Waals surface area contributed by atoms with E-state index in [-0.39, 0.29) is 0 Å². The van der Waals surface area contributed by atoms with Gasteiger partial charge in [0.05, 0.1) is 14.2 Å². The first-order valence-electron chi connectivity index (χ1n) is 5.02. The van der Waals surface area contributed by atoms with Crippen molar-refractivity contribution in [3.05, 3.63) is 23.8 Å². The standard InChI is InChI=1S/C13H16O2/c1-4-5-6-7-11-8-9-12(14-2)13(10-11)15-3/h8-10H,4-5H2,1-3H3. The Morgan fingerprint density at radius 1 is 1.13 bits per heavy atom. The lowest BCUT2D eigenvalue weighted by Crippen LogP contribution is -1.90. The Hall–Kier alpha value is -1.62. The number of rotatable bonds is 3. The van der Waals surface area contributed by atoms with Gasteiger partial charge < -0.3 is 9.47 Å². The molecule has 0 unspecified atom stereocenters. The molecule has 0 radical (unpaired) electrons. The lowest BCUT2D eigenvalue weighted by molar-refractivity contribution is 0.355. The van der Waals surface area contributed by atoms with Crippen molar-refractivity contribution in [3.8, 4) is 23.3 Å². The van der Waals surface area contributed by atoms with E-state index < -0.39 is 0 Å². The molecular formula is C13H16O2. The first-order chi connectivity index (χ1) is 7.31. The third-order valence-corrected chi connectivity index (χ3v) is 1.99. The minimum Gasteiger partial charge on any atom is -0.493 e. The molecule has 0 heterocycles. The summed E-state index contributed by atoms with van der Waals surface area (Å²) in [6.07, 6.45) is 2.01. The normalized spacial score (nSPS) is 9.00. The predicted molar refractivity (Wildman–Crippen MR) is 61.3 cm³/mol. The average Bonchev–Trinajstić information content (AvgIpc) is 2.29. The second-order valence-corrected chi connectivity index (χ2v) is 3.12. The van der Waals surface area contributed by atoms with Crippen LogP contribution < -0.4 is 9.47 Å². The molecule has 1 aromatic carbocycles. The first kappa shape index (κ1) is 11.5. The van der Waals surface area contributed by atoms with Crippen LogP contribution in [0.1, 0.15) is 25.3 Å². The van der Waals surface area contributed by atoms with Crippen molar-refractivity contribution < 1.29 is 9.47 Å². The SMILES string of the molecule is CCCC#Cc1ccc(OC)c(OC)c1. The fourth-order valence-electron chi connectivity index (χ4n) is 1.20. The van der Waals surface area contributed by atoms with Gasteiger partial charge in [-0.3, -0.25) is 0 Å². The van der Waals surface area contributed by atoms with Gasteiger partial charge in [0.25, 0.3) is 0 Å². The van der Waals surface area contributed by atoms with E-state index in [9.17, 15) is 0 Å². The van der Waals surface area contributed by atoms with Gasteiger partial charge in [0.2, 0.25) is 0 Å².